The molecule has 0 aliphatic heterocycles. The van der Waals surface area contributed by atoms with Crippen molar-refractivity contribution in [3.8, 4) is 11.7 Å². The number of amides is 1. The normalized spacial score (nSPS) is 10.3. The molecule has 0 aliphatic rings. The minimum atomic E-state index is -0.234. The molecule has 0 saturated heterocycles. The van der Waals surface area contributed by atoms with E-state index < -0.39 is 0 Å². The highest BCUT2D eigenvalue weighted by atomic mass is 16.5. The van der Waals surface area contributed by atoms with Gasteiger partial charge in [-0.2, -0.15) is 0 Å². The third-order valence-corrected chi connectivity index (χ3v) is 3.45. The minimum Gasteiger partial charge on any atom is -0.480 e. The van der Waals surface area contributed by atoms with Gasteiger partial charge in [-0.15, -0.1) is 0 Å². The third kappa shape index (κ3) is 4.11. The standard InChI is InChI=1S/C17H18N6O2/c1-25-17-13(5-4-6-20-17)16(24)19-8-7-18-14-11-15(22-12-21-14)23-9-2-3-10-23/h2-6,9-12H,7-8H2,1H3,(H,19,24)(H,18,21,22). The van der Waals surface area contributed by atoms with Gasteiger partial charge in [0, 0.05) is 37.7 Å². The van der Waals surface area contributed by atoms with Crippen LogP contribution in [0.3, 0.4) is 0 Å². The van der Waals surface area contributed by atoms with Gasteiger partial charge in [0.1, 0.15) is 23.5 Å². The Kier molecular flexibility index (Phi) is 5.20. The molecule has 1 amide bonds. The molecule has 8 nitrogen and oxygen atoms in total. The van der Waals surface area contributed by atoms with Crippen LogP contribution in [0.2, 0.25) is 0 Å². The molecule has 8 heteroatoms. The highest BCUT2D eigenvalue weighted by Gasteiger charge is 2.11. The average Bonchev–Trinajstić information content (AvgIpc) is 3.20. The Balaban J connectivity index is 1.52. The van der Waals surface area contributed by atoms with Gasteiger partial charge in [0.15, 0.2) is 0 Å². The van der Waals surface area contributed by atoms with Crippen LogP contribution in [0.5, 0.6) is 5.88 Å². The summed E-state index contributed by atoms with van der Waals surface area (Å²) in [7, 11) is 1.48. The number of ether oxygens (including phenoxy) is 1. The molecule has 25 heavy (non-hydrogen) atoms. The molecule has 3 aromatic rings. The summed E-state index contributed by atoms with van der Waals surface area (Å²) in [5, 5.41) is 5.97. The Morgan fingerprint density at radius 3 is 2.80 bits per heavy atom. The number of nitrogens with zero attached hydrogens (tertiary/aromatic N) is 4. The fraction of sp³-hybridized carbons (Fsp3) is 0.176. The second-order valence-corrected chi connectivity index (χ2v) is 5.09. The lowest BCUT2D eigenvalue weighted by molar-refractivity contribution is 0.0951. The molecule has 0 bridgehead atoms. The maximum Gasteiger partial charge on any atom is 0.256 e. The number of hydrogen-bond acceptors (Lipinski definition) is 6. The van der Waals surface area contributed by atoms with Crippen molar-refractivity contribution in [1.29, 1.82) is 0 Å². The molecule has 0 spiro atoms. The number of nitrogens with one attached hydrogen (secondary N) is 2. The highest BCUT2D eigenvalue weighted by molar-refractivity contribution is 5.96. The number of carbonyl (C=O) groups is 1. The summed E-state index contributed by atoms with van der Waals surface area (Å²) in [5.41, 5.74) is 0.405. The van der Waals surface area contributed by atoms with Gasteiger partial charge >= 0.3 is 0 Å². The van der Waals surface area contributed by atoms with Gasteiger partial charge in [-0.3, -0.25) is 4.79 Å². The summed E-state index contributed by atoms with van der Waals surface area (Å²) in [6, 6.07) is 9.06. The van der Waals surface area contributed by atoms with E-state index in [2.05, 4.69) is 25.6 Å². The zero-order valence-corrected chi connectivity index (χ0v) is 13.7. The first-order valence-corrected chi connectivity index (χ1v) is 7.74. The highest BCUT2D eigenvalue weighted by Crippen LogP contribution is 2.13. The molecule has 0 fully saturated rings. The predicted molar refractivity (Wildman–Crippen MR) is 93.0 cm³/mol. The Morgan fingerprint density at radius 1 is 1.16 bits per heavy atom. The molecule has 0 saturated carbocycles. The Hall–Kier alpha value is -3.42. The summed E-state index contributed by atoms with van der Waals surface area (Å²) in [6.45, 7) is 0.955. The van der Waals surface area contributed by atoms with Crippen LogP contribution in [0.25, 0.3) is 5.82 Å². The van der Waals surface area contributed by atoms with Gasteiger partial charge in [-0.1, -0.05) is 0 Å². The van der Waals surface area contributed by atoms with E-state index in [9.17, 15) is 4.79 Å². The number of pyridine rings is 1. The van der Waals surface area contributed by atoms with Crippen molar-refractivity contribution in [3.63, 3.8) is 0 Å². The van der Waals surface area contributed by atoms with E-state index in [1.165, 1.54) is 13.4 Å². The van der Waals surface area contributed by atoms with Gasteiger partial charge in [0.05, 0.1) is 7.11 Å². The zero-order chi connectivity index (χ0) is 17.5. The fourth-order valence-corrected chi connectivity index (χ4v) is 2.26. The molecular formula is C17H18N6O2. The van der Waals surface area contributed by atoms with E-state index in [1.54, 1.807) is 18.3 Å². The van der Waals surface area contributed by atoms with E-state index in [-0.39, 0.29) is 5.91 Å². The molecule has 0 radical (unpaired) electrons. The third-order valence-electron chi connectivity index (χ3n) is 3.45. The molecule has 0 atom stereocenters. The Labute approximate surface area is 144 Å². The van der Waals surface area contributed by atoms with Crippen LogP contribution in [-0.2, 0) is 0 Å². The minimum absolute atomic E-state index is 0.234. The molecule has 2 N–H and O–H groups in total. The SMILES string of the molecule is COc1ncccc1C(=O)NCCNc1cc(-n2cccc2)ncn1. The predicted octanol–water partition coefficient (Wildman–Crippen LogP) is 1.51. The van der Waals surface area contributed by atoms with Gasteiger partial charge in [0.2, 0.25) is 5.88 Å². The van der Waals surface area contributed by atoms with Crippen LogP contribution in [0, 0.1) is 0 Å². The number of carbonyl (C=O) groups excluding carboxylic acids is 1. The zero-order valence-electron chi connectivity index (χ0n) is 13.7. The summed E-state index contributed by atoms with van der Waals surface area (Å²) in [6.07, 6.45) is 6.90. The van der Waals surface area contributed by atoms with Crippen molar-refractivity contribution in [2.45, 2.75) is 0 Å². The fourth-order valence-electron chi connectivity index (χ4n) is 2.26. The second-order valence-electron chi connectivity index (χ2n) is 5.09. The summed E-state index contributed by atoms with van der Waals surface area (Å²) in [5.74, 6) is 1.53. The van der Waals surface area contributed by atoms with E-state index in [4.69, 9.17) is 4.74 Å². The van der Waals surface area contributed by atoms with Crippen LogP contribution >= 0.6 is 0 Å². The summed E-state index contributed by atoms with van der Waals surface area (Å²) < 4.78 is 6.98. The number of methoxy groups -OCH3 is 1. The van der Waals surface area contributed by atoms with Crippen LogP contribution in [0.1, 0.15) is 10.4 Å². The van der Waals surface area contributed by atoms with Crippen LogP contribution in [-0.4, -0.2) is 45.6 Å². The van der Waals surface area contributed by atoms with Crippen molar-refractivity contribution in [3.05, 3.63) is 60.8 Å². The Bertz CT molecular complexity index is 835. The number of rotatable bonds is 7. The molecule has 0 aliphatic carbocycles. The van der Waals surface area contributed by atoms with Crippen LogP contribution < -0.4 is 15.4 Å². The van der Waals surface area contributed by atoms with Gasteiger partial charge in [0.25, 0.3) is 5.91 Å². The number of aromatic nitrogens is 4. The number of hydrogen-bond donors (Lipinski definition) is 2. The summed E-state index contributed by atoms with van der Waals surface area (Å²) >= 11 is 0. The maximum atomic E-state index is 12.2. The van der Waals surface area contributed by atoms with Gasteiger partial charge < -0.3 is 19.9 Å². The summed E-state index contributed by atoms with van der Waals surface area (Å²) in [4.78, 5) is 24.6. The topological polar surface area (TPSA) is 94.0 Å². The maximum absolute atomic E-state index is 12.2. The van der Waals surface area contributed by atoms with E-state index >= 15 is 0 Å². The molecule has 3 rings (SSSR count). The molecular weight excluding hydrogens is 320 g/mol. The van der Waals surface area contributed by atoms with Gasteiger partial charge in [-0.25, -0.2) is 15.0 Å². The van der Waals surface area contributed by atoms with Crippen molar-refractivity contribution < 1.29 is 9.53 Å². The second kappa shape index (κ2) is 7.91. The largest absolute Gasteiger partial charge is 0.480 e. The first-order valence-electron chi connectivity index (χ1n) is 7.74. The van der Waals surface area contributed by atoms with Crippen molar-refractivity contribution in [2.75, 3.05) is 25.5 Å². The first-order chi connectivity index (χ1) is 12.3. The van der Waals surface area contributed by atoms with Crippen LogP contribution in [0.15, 0.2) is 55.2 Å². The van der Waals surface area contributed by atoms with Crippen molar-refractivity contribution in [2.24, 2.45) is 0 Å². The molecule has 0 unspecified atom stereocenters. The first kappa shape index (κ1) is 16.4. The lowest BCUT2D eigenvalue weighted by Crippen LogP contribution is -2.29. The van der Waals surface area contributed by atoms with Crippen molar-refractivity contribution >= 4 is 11.7 Å². The van der Waals surface area contributed by atoms with E-state index in [0.717, 1.165) is 5.82 Å². The molecule has 0 aromatic carbocycles. The smallest absolute Gasteiger partial charge is 0.256 e. The lowest BCUT2D eigenvalue weighted by atomic mass is 10.2. The number of anilines is 1. The lowest BCUT2D eigenvalue weighted by Gasteiger charge is -2.10. The molecule has 128 valence electrons. The van der Waals surface area contributed by atoms with E-state index in [1.807, 2.05) is 35.2 Å². The quantitative estimate of drug-likeness (QED) is 0.634. The Morgan fingerprint density at radius 2 is 2.00 bits per heavy atom. The monoisotopic (exact) mass is 338 g/mol. The van der Waals surface area contributed by atoms with Crippen LogP contribution in [0.4, 0.5) is 5.82 Å². The van der Waals surface area contributed by atoms with Gasteiger partial charge in [-0.05, 0) is 24.3 Å². The molecule has 3 aromatic heterocycles. The van der Waals surface area contributed by atoms with E-state index in [0.29, 0.717) is 30.4 Å². The van der Waals surface area contributed by atoms with Crippen molar-refractivity contribution in [1.82, 2.24) is 24.8 Å². The molecule has 3 heterocycles. The average molecular weight is 338 g/mol.